The van der Waals surface area contributed by atoms with Gasteiger partial charge >= 0.3 is 0 Å². The molecule has 7 nitrogen and oxygen atoms in total. The Labute approximate surface area is 131 Å². The maximum atomic E-state index is 9.17. The number of aryl methyl sites for hydroxylation is 1. The lowest BCUT2D eigenvalue weighted by atomic mass is 10.1. The van der Waals surface area contributed by atoms with Gasteiger partial charge in [-0.15, -0.1) is 0 Å². The number of halogens is 1. The van der Waals surface area contributed by atoms with Crippen molar-refractivity contribution in [2.24, 2.45) is 0 Å². The molecule has 0 aliphatic heterocycles. The molecule has 0 saturated carbocycles. The van der Waals surface area contributed by atoms with Crippen molar-refractivity contribution in [1.82, 2.24) is 19.7 Å². The predicted molar refractivity (Wildman–Crippen MR) is 84.5 cm³/mol. The molecule has 110 valence electrons. The molecule has 0 bridgehead atoms. The lowest BCUT2D eigenvalue weighted by molar-refractivity contribution is 0.416. The molecule has 0 unspecified atom stereocenters. The first-order valence-corrected chi connectivity index (χ1v) is 7.12. The van der Waals surface area contributed by atoms with Gasteiger partial charge in [-0.1, -0.05) is 0 Å². The van der Waals surface area contributed by atoms with E-state index in [1.54, 1.807) is 38.0 Å². The molecule has 0 aliphatic rings. The SMILES string of the molecule is CNc1nc(Nc2cn(C(C)(C)C#N)nc2C)ncc1Br. The highest BCUT2D eigenvalue weighted by atomic mass is 79.9. The van der Waals surface area contributed by atoms with E-state index in [2.05, 4.69) is 47.7 Å². The summed E-state index contributed by atoms with van der Waals surface area (Å²) in [5, 5.41) is 19.6. The van der Waals surface area contributed by atoms with E-state index in [1.165, 1.54) is 0 Å². The summed E-state index contributed by atoms with van der Waals surface area (Å²) in [6.45, 7) is 5.47. The van der Waals surface area contributed by atoms with Crippen molar-refractivity contribution in [2.75, 3.05) is 17.7 Å². The molecule has 0 saturated heterocycles. The normalized spacial score (nSPS) is 11.0. The molecular weight excluding hydrogens is 334 g/mol. The molecule has 2 rings (SSSR count). The predicted octanol–water partition coefficient (Wildman–Crippen LogP) is 2.79. The average Bonchev–Trinajstić information content (AvgIpc) is 2.83. The summed E-state index contributed by atoms with van der Waals surface area (Å²) in [6, 6.07) is 2.21. The number of anilines is 3. The minimum absolute atomic E-state index is 0.458. The summed E-state index contributed by atoms with van der Waals surface area (Å²) in [6.07, 6.45) is 3.45. The number of nitrogens with zero attached hydrogens (tertiary/aromatic N) is 5. The highest BCUT2D eigenvalue weighted by Crippen LogP contribution is 2.24. The minimum atomic E-state index is -0.707. The van der Waals surface area contributed by atoms with E-state index >= 15 is 0 Å². The zero-order valence-corrected chi connectivity index (χ0v) is 13.9. The Kier molecular flexibility index (Phi) is 4.14. The van der Waals surface area contributed by atoms with Crippen LogP contribution in [0.5, 0.6) is 0 Å². The topological polar surface area (TPSA) is 91.5 Å². The lowest BCUT2D eigenvalue weighted by Crippen LogP contribution is -2.24. The first-order chi connectivity index (χ1) is 9.87. The smallest absolute Gasteiger partial charge is 0.229 e. The summed E-state index contributed by atoms with van der Waals surface area (Å²) in [5.74, 6) is 1.15. The Morgan fingerprint density at radius 3 is 2.76 bits per heavy atom. The van der Waals surface area contributed by atoms with Gasteiger partial charge in [0.2, 0.25) is 5.95 Å². The molecule has 0 aromatic carbocycles. The number of hydrogen-bond donors (Lipinski definition) is 2. The Morgan fingerprint density at radius 1 is 1.43 bits per heavy atom. The first kappa shape index (κ1) is 15.3. The van der Waals surface area contributed by atoms with Crippen LogP contribution in [0.15, 0.2) is 16.9 Å². The summed E-state index contributed by atoms with van der Waals surface area (Å²) < 4.78 is 2.41. The fraction of sp³-hybridized carbons (Fsp3) is 0.385. The highest BCUT2D eigenvalue weighted by Gasteiger charge is 2.22. The van der Waals surface area contributed by atoms with Gasteiger partial charge in [-0.25, -0.2) is 4.98 Å². The maximum absolute atomic E-state index is 9.17. The van der Waals surface area contributed by atoms with Crippen LogP contribution in [0, 0.1) is 18.3 Å². The van der Waals surface area contributed by atoms with E-state index in [9.17, 15) is 0 Å². The largest absolute Gasteiger partial charge is 0.372 e. The Morgan fingerprint density at radius 2 is 2.14 bits per heavy atom. The fourth-order valence-electron chi connectivity index (χ4n) is 1.64. The van der Waals surface area contributed by atoms with Crippen molar-refractivity contribution in [2.45, 2.75) is 26.3 Å². The van der Waals surface area contributed by atoms with Gasteiger partial charge in [-0.2, -0.15) is 15.3 Å². The molecule has 0 spiro atoms. The molecule has 0 radical (unpaired) electrons. The zero-order valence-electron chi connectivity index (χ0n) is 12.3. The molecule has 0 fully saturated rings. The van der Waals surface area contributed by atoms with Crippen LogP contribution < -0.4 is 10.6 Å². The second-order valence-electron chi connectivity index (χ2n) is 5.01. The second kappa shape index (κ2) is 5.69. The van der Waals surface area contributed by atoms with Crippen molar-refractivity contribution in [3.8, 4) is 6.07 Å². The van der Waals surface area contributed by atoms with Crippen LogP contribution >= 0.6 is 15.9 Å². The van der Waals surface area contributed by atoms with E-state index in [0.717, 1.165) is 15.9 Å². The third kappa shape index (κ3) is 3.13. The van der Waals surface area contributed by atoms with Crippen LogP contribution in [0.4, 0.5) is 17.5 Å². The fourth-order valence-corrected chi connectivity index (χ4v) is 2.03. The van der Waals surface area contributed by atoms with Gasteiger partial charge in [0.15, 0.2) is 0 Å². The van der Waals surface area contributed by atoms with Crippen LogP contribution in [0.3, 0.4) is 0 Å². The van der Waals surface area contributed by atoms with Crippen molar-refractivity contribution in [3.63, 3.8) is 0 Å². The van der Waals surface area contributed by atoms with E-state index in [4.69, 9.17) is 5.26 Å². The Bertz CT molecular complexity index is 699. The van der Waals surface area contributed by atoms with Crippen LogP contribution in [0.2, 0.25) is 0 Å². The number of nitriles is 1. The molecule has 2 N–H and O–H groups in total. The average molecular weight is 350 g/mol. The second-order valence-corrected chi connectivity index (χ2v) is 5.86. The monoisotopic (exact) mass is 349 g/mol. The quantitative estimate of drug-likeness (QED) is 0.881. The van der Waals surface area contributed by atoms with Crippen molar-refractivity contribution in [3.05, 3.63) is 22.6 Å². The minimum Gasteiger partial charge on any atom is -0.372 e. The third-order valence-electron chi connectivity index (χ3n) is 2.97. The third-order valence-corrected chi connectivity index (χ3v) is 3.55. The zero-order chi connectivity index (χ0) is 15.6. The molecule has 0 atom stereocenters. The number of nitrogens with one attached hydrogen (secondary N) is 2. The van der Waals surface area contributed by atoms with E-state index in [-0.39, 0.29) is 0 Å². The Hall–Kier alpha value is -2.14. The molecule has 8 heteroatoms. The molecule has 2 aromatic rings. The van der Waals surface area contributed by atoms with Gasteiger partial charge in [0.1, 0.15) is 11.4 Å². The molecule has 2 aromatic heterocycles. The molecule has 2 heterocycles. The van der Waals surface area contributed by atoms with Crippen molar-refractivity contribution < 1.29 is 0 Å². The van der Waals surface area contributed by atoms with Gasteiger partial charge in [-0.3, -0.25) is 4.68 Å². The van der Waals surface area contributed by atoms with Crippen molar-refractivity contribution in [1.29, 1.82) is 5.26 Å². The Balaban J connectivity index is 2.31. The summed E-state index contributed by atoms with van der Waals surface area (Å²) in [7, 11) is 1.79. The highest BCUT2D eigenvalue weighted by molar-refractivity contribution is 9.10. The van der Waals surface area contributed by atoms with Gasteiger partial charge < -0.3 is 10.6 Å². The van der Waals surface area contributed by atoms with Gasteiger partial charge in [0, 0.05) is 13.2 Å². The van der Waals surface area contributed by atoms with E-state index < -0.39 is 5.54 Å². The molecule has 21 heavy (non-hydrogen) atoms. The molecule has 0 aliphatic carbocycles. The summed E-state index contributed by atoms with van der Waals surface area (Å²) >= 11 is 3.36. The lowest BCUT2D eigenvalue weighted by Gasteiger charge is -2.15. The van der Waals surface area contributed by atoms with E-state index in [1.807, 2.05) is 6.92 Å². The van der Waals surface area contributed by atoms with Crippen LogP contribution in [-0.4, -0.2) is 26.8 Å². The van der Waals surface area contributed by atoms with Crippen LogP contribution in [0.1, 0.15) is 19.5 Å². The van der Waals surface area contributed by atoms with Crippen LogP contribution in [0.25, 0.3) is 0 Å². The standard InChI is InChI=1S/C13H16BrN7/c1-8-10(6-21(20-8)13(2,3)7-15)18-12-17-5-9(14)11(16-4)19-12/h5-6H,1-4H3,(H2,16,17,18,19). The van der Waals surface area contributed by atoms with Crippen molar-refractivity contribution >= 4 is 33.4 Å². The van der Waals surface area contributed by atoms with Gasteiger partial charge in [0.05, 0.1) is 28.1 Å². The number of hydrogen-bond acceptors (Lipinski definition) is 6. The van der Waals surface area contributed by atoms with E-state index in [0.29, 0.717) is 11.8 Å². The number of rotatable bonds is 4. The maximum Gasteiger partial charge on any atom is 0.229 e. The summed E-state index contributed by atoms with van der Waals surface area (Å²) in [5.41, 5.74) is 0.833. The number of aromatic nitrogens is 4. The van der Waals surface area contributed by atoms with Gasteiger partial charge in [0.25, 0.3) is 0 Å². The van der Waals surface area contributed by atoms with Gasteiger partial charge in [-0.05, 0) is 36.7 Å². The summed E-state index contributed by atoms with van der Waals surface area (Å²) in [4.78, 5) is 8.54. The first-order valence-electron chi connectivity index (χ1n) is 6.32. The van der Waals surface area contributed by atoms with Crippen LogP contribution in [-0.2, 0) is 5.54 Å². The molecular formula is C13H16BrN7. The molecule has 0 amide bonds.